The maximum absolute atomic E-state index is 13.1. The lowest BCUT2D eigenvalue weighted by Crippen LogP contribution is -2.38. The summed E-state index contributed by atoms with van der Waals surface area (Å²) in [5.74, 6) is -1.68. The highest BCUT2D eigenvalue weighted by molar-refractivity contribution is 6.33. The van der Waals surface area contributed by atoms with Gasteiger partial charge in [-0.1, -0.05) is 35.0 Å². The molecule has 0 atom stereocenters. The molecule has 0 unspecified atom stereocenters. The number of carbonyl (C=O) groups excluding carboxylic acids is 1. The second kappa shape index (κ2) is 7.75. The number of piperidine rings is 1. The summed E-state index contributed by atoms with van der Waals surface area (Å²) in [4.78, 5) is 14.8. The van der Waals surface area contributed by atoms with Gasteiger partial charge in [0.15, 0.2) is 0 Å². The van der Waals surface area contributed by atoms with Crippen molar-refractivity contribution in [3.8, 4) is 11.3 Å². The molecular weight excluding hydrogens is 425 g/mol. The predicted molar refractivity (Wildman–Crippen MR) is 98.9 cm³/mol. The fraction of sp³-hybridized carbons (Fsp3) is 0.368. The van der Waals surface area contributed by atoms with Gasteiger partial charge in [-0.05, 0) is 25.8 Å². The molecule has 4 rings (SSSR count). The topological polar surface area (TPSA) is 85.3 Å². The molecule has 0 N–H and O–H groups in total. The SMILES string of the molecule is Cc1onc(-c2ccccc2Cl)c1C(=O)N1CCC(c2nnc(C(F)(F)F)o2)CC1. The minimum absolute atomic E-state index is 0.0626. The number of aromatic nitrogens is 3. The Balaban J connectivity index is 1.50. The Hall–Kier alpha value is -2.88. The Labute approximate surface area is 173 Å². The molecule has 1 fully saturated rings. The van der Waals surface area contributed by atoms with E-state index in [2.05, 4.69) is 15.4 Å². The van der Waals surface area contributed by atoms with E-state index in [-0.39, 0.29) is 17.7 Å². The van der Waals surface area contributed by atoms with Crippen LogP contribution in [0, 0.1) is 6.92 Å². The quantitative estimate of drug-likeness (QED) is 0.585. The first-order chi connectivity index (χ1) is 14.3. The van der Waals surface area contributed by atoms with E-state index in [0.29, 0.717) is 53.5 Å². The minimum Gasteiger partial charge on any atom is -0.417 e. The second-order valence-electron chi connectivity index (χ2n) is 6.95. The lowest BCUT2D eigenvalue weighted by molar-refractivity contribution is -0.157. The van der Waals surface area contributed by atoms with E-state index in [0.717, 1.165) is 0 Å². The third kappa shape index (κ3) is 3.79. The van der Waals surface area contributed by atoms with E-state index in [1.54, 1.807) is 36.1 Å². The summed E-state index contributed by atoms with van der Waals surface area (Å²) in [6, 6.07) is 6.99. The molecule has 3 heterocycles. The summed E-state index contributed by atoms with van der Waals surface area (Å²) < 4.78 is 48.0. The molecule has 1 aliphatic heterocycles. The zero-order chi connectivity index (χ0) is 21.5. The van der Waals surface area contributed by atoms with Gasteiger partial charge in [-0.3, -0.25) is 4.79 Å². The fourth-order valence-corrected chi connectivity index (χ4v) is 3.69. The number of hydrogen-bond acceptors (Lipinski definition) is 6. The Morgan fingerprint density at radius 3 is 2.53 bits per heavy atom. The summed E-state index contributed by atoms with van der Waals surface area (Å²) >= 11 is 6.24. The maximum Gasteiger partial charge on any atom is 0.470 e. The standard InChI is InChI=1S/C19H16ClF3N4O3/c1-10-14(15(26-30-10)12-4-2-3-5-13(12)20)17(28)27-8-6-11(7-9-27)16-24-25-18(29-16)19(21,22)23/h2-5,11H,6-9H2,1H3. The van der Waals surface area contributed by atoms with Crippen molar-refractivity contribution < 1.29 is 26.9 Å². The lowest BCUT2D eigenvalue weighted by atomic mass is 9.95. The first-order valence-electron chi connectivity index (χ1n) is 9.16. The third-order valence-corrected chi connectivity index (χ3v) is 5.35. The van der Waals surface area contributed by atoms with E-state index in [4.69, 9.17) is 20.5 Å². The minimum atomic E-state index is -4.68. The molecule has 2 aromatic heterocycles. The van der Waals surface area contributed by atoms with Crippen LogP contribution in [-0.4, -0.2) is 39.3 Å². The van der Waals surface area contributed by atoms with Gasteiger partial charge < -0.3 is 13.8 Å². The summed E-state index contributed by atoms with van der Waals surface area (Å²) in [6.07, 6.45) is -3.88. The number of benzene rings is 1. The number of halogens is 4. The Kier molecular flexibility index (Phi) is 5.27. The normalized spacial score (nSPS) is 15.6. The summed E-state index contributed by atoms with van der Waals surface area (Å²) in [6.45, 7) is 2.28. The molecular formula is C19H16ClF3N4O3. The molecule has 30 heavy (non-hydrogen) atoms. The van der Waals surface area contributed by atoms with Crippen molar-refractivity contribution in [2.75, 3.05) is 13.1 Å². The fourth-order valence-electron chi connectivity index (χ4n) is 3.46. The summed E-state index contributed by atoms with van der Waals surface area (Å²) in [5.41, 5.74) is 1.26. The average Bonchev–Trinajstić information content (AvgIpc) is 3.35. The second-order valence-corrected chi connectivity index (χ2v) is 7.36. The van der Waals surface area contributed by atoms with Crippen LogP contribution in [0.15, 0.2) is 33.2 Å². The summed E-state index contributed by atoms with van der Waals surface area (Å²) in [5, 5.41) is 11.0. The number of amides is 1. The van der Waals surface area contributed by atoms with Crippen molar-refractivity contribution in [3.05, 3.63) is 52.4 Å². The molecule has 158 valence electrons. The highest BCUT2D eigenvalue weighted by Gasteiger charge is 2.39. The molecule has 0 bridgehead atoms. The van der Waals surface area contributed by atoms with E-state index in [9.17, 15) is 18.0 Å². The van der Waals surface area contributed by atoms with Gasteiger partial charge in [0.2, 0.25) is 5.89 Å². The van der Waals surface area contributed by atoms with Crippen molar-refractivity contribution in [3.63, 3.8) is 0 Å². The molecule has 0 spiro atoms. The van der Waals surface area contributed by atoms with Gasteiger partial charge in [-0.2, -0.15) is 13.2 Å². The van der Waals surface area contributed by atoms with Gasteiger partial charge in [0.25, 0.3) is 5.91 Å². The van der Waals surface area contributed by atoms with Crippen LogP contribution < -0.4 is 0 Å². The van der Waals surface area contributed by atoms with Crippen molar-refractivity contribution in [1.29, 1.82) is 0 Å². The average molecular weight is 441 g/mol. The highest BCUT2D eigenvalue weighted by atomic mass is 35.5. The van der Waals surface area contributed by atoms with Crippen LogP contribution in [0.4, 0.5) is 13.2 Å². The van der Waals surface area contributed by atoms with Crippen LogP contribution in [0.5, 0.6) is 0 Å². The van der Waals surface area contributed by atoms with Crippen molar-refractivity contribution in [2.24, 2.45) is 0 Å². The van der Waals surface area contributed by atoms with Crippen LogP contribution in [-0.2, 0) is 6.18 Å². The lowest BCUT2D eigenvalue weighted by Gasteiger charge is -2.30. The number of rotatable bonds is 3. The molecule has 1 aromatic carbocycles. The van der Waals surface area contributed by atoms with Gasteiger partial charge in [-0.25, -0.2) is 0 Å². The number of likely N-dealkylation sites (tertiary alicyclic amines) is 1. The van der Waals surface area contributed by atoms with Crippen LogP contribution >= 0.6 is 11.6 Å². The van der Waals surface area contributed by atoms with Crippen molar-refractivity contribution in [1.82, 2.24) is 20.3 Å². The van der Waals surface area contributed by atoms with E-state index in [1.807, 2.05) is 0 Å². The van der Waals surface area contributed by atoms with Gasteiger partial charge in [0, 0.05) is 24.6 Å². The number of carbonyl (C=O) groups is 1. The molecule has 0 radical (unpaired) electrons. The molecule has 1 aliphatic rings. The third-order valence-electron chi connectivity index (χ3n) is 5.02. The van der Waals surface area contributed by atoms with Gasteiger partial charge in [-0.15, -0.1) is 10.2 Å². The highest BCUT2D eigenvalue weighted by Crippen LogP contribution is 2.35. The molecule has 1 amide bonds. The Morgan fingerprint density at radius 1 is 1.20 bits per heavy atom. The zero-order valence-corrected chi connectivity index (χ0v) is 16.5. The number of nitrogens with zero attached hydrogens (tertiary/aromatic N) is 4. The zero-order valence-electron chi connectivity index (χ0n) is 15.7. The Bertz CT molecular complexity index is 1070. The smallest absolute Gasteiger partial charge is 0.417 e. The molecule has 0 saturated carbocycles. The van der Waals surface area contributed by atoms with E-state index in [1.165, 1.54) is 0 Å². The summed E-state index contributed by atoms with van der Waals surface area (Å²) in [7, 11) is 0. The van der Waals surface area contributed by atoms with Crippen LogP contribution in [0.2, 0.25) is 5.02 Å². The van der Waals surface area contributed by atoms with Crippen molar-refractivity contribution in [2.45, 2.75) is 31.9 Å². The molecule has 3 aromatic rings. The first kappa shape index (κ1) is 20.4. The van der Waals surface area contributed by atoms with Crippen LogP contribution in [0.3, 0.4) is 0 Å². The Morgan fingerprint density at radius 2 is 1.90 bits per heavy atom. The molecule has 1 saturated heterocycles. The van der Waals surface area contributed by atoms with Gasteiger partial charge in [0.05, 0.1) is 5.02 Å². The van der Waals surface area contributed by atoms with E-state index < -0.39 is 12.1 Å². The van der Waals surface area contributed by atoms with Gasteiger partial charge in [0.1, 0.15) is 17.0 Å². The van der Waals surface area contributed by atoms with Crippen LogP contribution in [0.25, 0.3) is 11.3 Å². The largest absolute Gasteiger partial charge is 0.470 e. The predicted octanol–water partition coefficient (Wildman–Crippen LogP) is 4.73. The monoisotopic (exact) mass is 440 g/mol. The first-order valence-corrected chi connectivity index (χ1v) is 9.54. The van der Waals surface area contributed by atoms with Crippen LogP contribution in [0.1, 0.15) is 46.7 Å². The molecule has 0 aliphatic carbocycles. The molecule has 7 nitrogen and oxygen atoms in total. The number of hydrogen-bond donors (Lipinski definition) is 0. The van der Waals surface area contributed by atoms with Crippen molar-refractivity contribution >= 4 is 17.5 Å². The number of aryl methyl sites for hydroxylation is 1. The van der Waals surface area contributed by atoms with Gasteiger partial charge >= 0.3 is 12.1 Å². The van der Waals surface area contributed by atoms with E-state index >= 15 is 0 Å². The maximum atomic E-state index is 13.1. The molecule has 11 heteroatoms. The number of alkyl halides is 3.